The van der Waals surface area contributed by atoms with Gasteiger partial charge in [0.1, 0.15) is 16.4 Å². The number of hydrogen-bond donors (Lipinski definition) is 1. The van der Waals surface area contributed by atoms with Crippen molar-refractivity contribution < 1.29 is 17.6 Å². The Balaban J connectivity index is 2.39. The molecule has 1 unspecified atom stereocenters. The van der Waals surface area contributed by atoms with E-state index in [2.05, 4.69) is 5.32 Å². The lowest BCUT2D eigenvalue weighted by Crippen LogP contribution is -2.44. The molecule has 1 atom stereocenters. The summed E-state index contributed by atoms with van der Waals surface area (Å²) in [7, 11) is -3.55. The fourth-order valence-electron chi connectivity index (χ4n) is 2.64. The summed E-state index contributed by atoms with van der Waals surface area (Å²) in [4.78, 5) is 0.315. The van der Waals surface area contributed by atoms with Gasteiger partial charge in [-0.15, -0.1) is 0 Å². The van der Waals surface area contributed by atoms with E-state index in [0.29, 0.717) is 42.7 Å². The van der Waals surface area contributed by atoms with Gasteiger partial charge in [0, 0.05) is 25.2 Å². The molecule has 120 valence electrons. The molecule has 0 amide bonds. The van der Waals surface area contributed by atoms with Crippen LogP contribution in [0.3, 0.4) is 0 Å². The summed E-state index contributed by atoms with van der Waals surface area (Å²) in [5.41, 5.74) is 0.730. The summed E-state index contributed by atoms with van der Waals surface area (Å²) < 4.78 is 38.4. The van der Waals surface area contributed by atoms with E-state index in [1.807, 2.05) is 13.8 Å². The highest BCUT2D eigenvalue weighted by Gasteiger charge is 2.34. The molecular formula is C14H24N2O4S. The first kappa shape index (κ1) is 16.5. The molecule has 0 bridgehead atoms. The van der Waals surface area contributed by atoms with Crippen molar-refractivity contribution in [3.05, 3.63) is 17.1 Å². The van der Waals surface area contributed by atoms with Crippen LogP contribution in [0.5, 0.6) is 0 Å². The van der Waals surface area contributed by atoms with Crippen molar-refractivity contribution >= 4 is 10.0 Å². The van der Waals surface area contributed by atoms with Gasteiger partial charge in [0.05, 0.1) is 12.7 Å². The SMILES string of the molecule is CCNCc1c(C)oc(C)c1S(=O)(=O)N1CCOC(C)C1. The molecule has 1 aliphatic rings. The standard InChI is InChI=1S/C14H24N2O4S/c1-5-15-8-13-11(3)20-12(4)14(13)21(17,18)16-6-7-19-10(2)9-16/h10,15H,5-9H2,1-4H3. The minimum atomic E-state index is -3.55. The molecule has 1 saturated heterocycles. The monoisotopic (exact) mass is 316 g/mol. The van der Waals surface area contributed by atoms with Gasteiger partial charge in [-0.05, 0) is 27.3 Å². The lowest BCUT2D eigenvalue weighted by atomic mass is 10.2. The number of hydrogen-bond acceptors (Lipinski definition) is 5. The summed E-state index contributed by atoms with van der Waals surface area (Å²) in [5.74, 6) is 1.12. The zero-order valence-corrected chi connectivity index (χ0v) is 13.9. The molecule has 2 heterocycles. The molecule has 7 heteroatoms. The largest absolute Gasteiger partial charge is 0.465 e. The Bertz CT molecular complexity index is 594. The molecule has 0 saturated carbocycles. The highest BCUT2D eigenvalue weighted by Crippen LogP contribution is 2.30. The normalized spacial score (nSPS) is 20.9. The van der Waals surface area contributed by atoms with Gasteiger partial charge in [-0.2, -0.15) is 4.31 Å². The number of ether oxygens (including phenoxy) is 1. The van der Waals surface area contributed by atoms with Crippen LogP contribution in [0.4, 0.5) is 0 Å². The third-order valence-electron chi connectivity index (χ3n) is 3.68. The van der Waals surface area contributed by atoms with E-state index in [9.17, 15) is 8.42 Å². The van der Waals surface area contributed by atoms with Crippen LogP contribution in [-0.4, -0.2) is 45.1 Å². The number of aryl methyl sites for hydroxylation is 2. The maximum Gasteiger partial charge on any atom is 0.247 e. The second-order valence-corrected chi connectivity index (χ2v) is 7.22. The quantitative estimate of drug-likeness (QED) is 0.889. The fraction of sp³-hybridized carbons (Fsp3) is 0.714. The first-order valence-corrected chi connectivity index (χ1v) is 8.73. The van der Waals surface area contributed by atoms with Crippen LogP contribution < -0.4 is 5.32 Å². The van der Waals surface area contributed by atoms with Gasteiger partial charge in [0.15, 0.2) is 0 Å². The molecule has 0 aliphatic carbocycles. The van der Waals surface area contributed by atoms with Crippen LogP contribution in [0.25, 0.3) is 0 Å². The molecule has 1 aliphatic heterocycles. The lowest BCUT2D eigenvalue weighted by Gasteiger charge is -2.30. The van der Waals surface area contributed by atoms with Crippen molar-refractivity contribution in [1.29, 1.82) is 0 Å². The predicted molar refractivity (Wildman–Crippen MR) is 79.7 cm³/mol. The van der Waals surface area contributed by atoms with Crippen molar-refractivity contribution in [2.24, 2.45) is 0 Å². The van der Waals surface area contributed by atoms with E-state index in [4.69, 9.17) is 9.15 Å². The number of sulfonamides is 1. The summed E-state index contributed by atoms with van der Waals surface area (Å²) >= 11 is 0. The van der Waals surface area contributed by atoms with Crippen molar-refractivity contribution in [3.8, 4) is 0 Å². The average Bonchev–Trinajstić information content (AvgIpc) is 2.71. The van der Waals surface area contributed by atoms with E-state index in [-0.39, 0.29) is 6.10 Å². The second-order valence-electron chi connectivity index (χ2n) is 5.35. The molecule has 2 rings (SSSR count). The summed E-state index contributed by atoms with van der Waals surface area (Å²) in [6.07, 6.45) is -0.0842. The zero-order valence-electron chi connectivity index (χ0n) is 13.1. The van der Waals surface area contributed by atoms with Gasteiger partial charge in [0.25, 0.3) is 0 Å². The minimum absolute atomic E-state index is 0.0842. The summed E-state index contributed by atoms with van der Waals surface area (Å²) in [6, 6.07) is 0. The Morgan fingerprint density at radius 2 is 2.05 bits per heavy atom. The van der Waals surface area contributed by atoms with Gasteiger partial charge < -0.3 is 14.5 Å². The van der Waals surface area contributed by atoms with E-state index < -0.39 is 10.0 Å². The number of furan rings is 1. The molecule has 1 aromatic rings. The van der Waals surface area contributed by atoms with Gasteiger partial charge in [0.2, 0.25) is 10.0 Å². The van der Waals surface area contributed by atoms with Crippen LogP contribution in [-0.2, 0) is 21.3 Å². The molecule has 0 aromatic carbocycles. The Morgan fingerprint density at radius 3 is 2.67 bits per heavy atom. The van der Waals surface area contributed by atoms with Crippen molar-refractivity contribution in [2.75, 3.05) is 26.2 Å². The van der Waals surface area contributed by atoms with Crippen LogP contribution in [0, 0.1) is 13.8 Å². The Hall–Kier alpha value is -0.890. The Morgan fingerprint density at radius 1 is 1.33 bits per heavy atom. The zero-order chi connectivity index (χ0) is 15.6. The third kappa shape index (κ3) is 3.31. The van der Waals surface area contributed by atoms with Crippen LogP contribution in [0.15, 0.2) is 9.31 Å². The van der Waals surface area contributed by atoms with E-state index >= 15 is 0 Å². The Kier molecular flexibility index (Phi) is 5.08. The molecule has 1 aromatic heterocycles. The van der Waals surface area contributed by atoms with Crippen LogP contribution in [0.2, 0.25) is 0 Å². The van der Waals surface area contributed by atoms with Crippen LogP contribution in [0.1, 0.15) is 30.9 Å². The van der Waals surface area contributed by atoms with Crippen molar-refractivity contribution in [1.82, 2.24) is 9.62 Å². The number of rotatable bonds is 5. The van der Waals surface area contributed by atoms with Crippen molar-refractivity contribution in [2.45, 2.75) is 45.2 Å². The van der Waals surface area contributed by atoms with E-state index in [0.717, 1.165) is 12.1 Å². The maximum atomic E-state index is 12.9. The fourth-order valence-corrected chi connectivity index (χ4v) is 4.55. The maximum absolute atomic E-state index is 12.9. The molecule has 0 radical (unpaired) electrons. The number of morpholine rings is 1. The number of nitrogens with one attached hydrogen (secondary N) is 1. The molecule has 21 heavy (non-hydrogen) atoms. The molecule has 6 nitrogen and oxygen atoms in total. The summed E-state index contributed by atoms with van der Waals surface area (Å²) in [6.45, 7) is 9.85. The molecule has 0 spiro atoms. The summed E-state index contributed by atoms with van der Waals surface area (Å²) in [5, 5.41) is 3.18. The molecule has 1 fully saturated rings. The number of nitrogens with zero attached hydrogens (tertiary/aromatic N) is 1. The molecule has 1 N–H and O–H groups in total. The average molecular weight is 316 g/mol. The van der Waals surface area contributed by atoms with Gasteiger partial charge in [-0.3, -0.25) is 0 Å². The van der Waals surface area contributed by atoms with Crippen LogP contribution >= 0.6 is 0 Å². The Labute approximate surface area is 126 Å². The smallest absolute Gasteiger partial charge is 0.247 e. The van der Waals surface area contributed by atoms with Gasteiger partial charge in [-0.1, -0.05) is 6.92 Å². The topological polar surface area (TPSA) is 71.8 Å². The lowest BCUT2D eigenvalue weighted by molar-refractivity contribution is 0.0101. The third-order valence-corrected chi connectivity index (χ3v) is 5.74. The van der Waals surface area contributed by atoms with E-state index in [1.54, 1.807) is 13.8 Å². The van der Waals surface area contributed by atoms with Gasteiger partial charge >= 0.3 is 0 Å². The first-order chi connectivity index (χ1) is 9.87. The van der Waals surface area contributed by atoms with Crippen molar-refractivity contribution in [3.63, 3.8) is 0 Å². The molecular weight excluding hydrogens is 292 g/mol. The van der Waals surface area contributed by atoms with E-state index in [1.165, 1.54) is 4.31 Å². The minimum Gasteiger partial charge on any atom is -0.465 e. The predicted octanol–water partition coefficient (Wildman–Crippen LogP) is 1.42. The first-order valence-electron chi connectivity index (χ1n) is 7.29. The second kappa shape index (κ2) is 6.48. The highest BCUT2D eigenvalue weighted by atomic mass is 32.2. The van der Waals surface area contributed by atoms with Gasteiger partial charge in [-0.25, -0.2) is 8.42 Å². The highest BCUT2D eigenvalue weighted by molar-refractivity contribution is 7.89.